The predicted molar refractivity (Wildman–Crippen MR) is 70.3 cm³/mol. The second-order valence-electron chi connectivity index (χ2n) is 3.63. The molecule has 0 saturated carbocycles. The molecule has 0 spiro atoms. The molecule has 0 saturated heterocycles. The van der Waals surface area contributed by atoms with E-state index in [0.29, 0.717) is 13.0 Å². The molecular weight excluding hydrogens is 238 g/mol. The molecule has 0 unspecified atom stereocenters. The van der Waals surface area contributed by atoms with Crippen LogP contribution in [-0.4, -0.2) is 38.0 Å². The van der Waals surface area contributed by atoms with E-state index in [-0.39, 0.29) is 5.24 Å². The first kappa shape index (κ1) is 13.7. The molecule has 0 aromatic heterocycles. The van der Waals surface area contributed by atoms with Gasteiger partial charge in [-0.05, 0) is 30.2 Å². The van der Waals surface area contributed by atoms with Crippen molar-refractivity contribution in [1.82, 2.24) is 4.90 Å². The van der Waals surface area contributed by atoms with Gasteiger partial charge in [0.15, 0.2) is 0 Å². The van der Waals surface area contributed by atoms with Gasteiger partial charge in [-0.3, -0.25) is 4.79 Å². The molecule has 0 N–H and O–H groups in total. The van der Waals surface area contributed by atoms with Crippen molar-refractivity contribution in [3.05, 3.63) is 23.8 Å². The zero-order valence-electron chi connectivity index (χ0n) is 10.3. The number of benzene rings is 1. The van der Waals surface area contributed by atoms with Crippen molar-refractivity contribution in [2.75, 3.05) is 27.8 Å². The van der Waals surface area contributed by atoms with Crippen LogP contribution in [0.1, 0.15) is 5.56 Å². The number of likely N-dealkylation sites (N-methyl/N-ethyl adjacent to an activating group) is 1. The summed E-state index contributed by atoms with van der Waals surface area (Å²) in [5.41, 5.74) is 1.01. The minimum Gasteiger partial charge on any atom is -0.497 e. The zero-order chi connectivity index (χ0) is 12.8. The van der Waals surface area contributed by atoms with Gasteiger partial charge in [-0.25, -0.2) is 0 Å². The summed E-state index contributed by atoms with van der Waals surface area (Å²) in [6.45, 7) is 0.589. The van der Waals surface area contributed by atoms with Crippen LogP contribution in [0.3, 0.4) is 0 Å². The third-order valence-electron chi connectivity index (χ3n) is 2.53. The highest BCUT2D eigenvalue weighted by atomic mass is 32.1. The van der Waals surface area contributed by atoms with E-state index in [1.807, 2.05) is 18.2 Å². The topological polar surface area (TPSA) is 38.8 Å². The molecule has 5 heteroatoms. The SMILES string of the molecule is COc1ccc(OC)c(CCN(C)C(=O)S)c1. The van der Waals surface area contributed by atoms with E-state index in [1.54, 1.807) is 26.2 Å². The van der Waals surface area contributed by atoms with Gasteiger partial charge in [-0.2, -0.15) is 0 Å². The Balaban J connectivity index is 2.77. The van der Waals surface area contributed by atoms with Crippen molar-refractivity contribution in [2.45, 2.75) is 6.42 Å². The molecule has 1 aromatic rings. The summed E-state index contributed by atoms with van der Waals surface area (Å²) in [4.78, 5) is 12.5. The molecule has 0 heterocycles. The molecule has 1 rings (SSSR count). The first-order chi connectivity index (χ1) is 8.08. The summed E-state index contributed by atoms with van der Waals surface area (Å²) in [6.07, 6.45) is 0.698. The Labute approximate surface area is 107 Å². The van der Waals surface area contributed by atoms with Gasteiger partial charge in [0.1, 0.15) is 11.5 Å². The number of ether oxygens (including phenoxy) is 2. The van der Waals surface area contributed by atoms with Crippen LogP contribution in [0.5, 0.6) is 11.5 Å². The van der Waals surface area contributed by atoms with Crippen molar-refractivity contribution >= 4 is 17.9 Å². The Kier molecular flexibility index (Phi) is 5.15. The summed E-state index contributed by atoms with van der Waals surface area (Å²) in [5, 5.41) is -0.244. The maximum absolute atomic E-state index is 11.0. The van der Waals surface area contributed by atoms with Gasteiger partial charge in [-0.1, -0.05) is 12.6 Å². The largest absolute Gasteiger partial charge is 0.497 e. The van der Waals surface area contributed by atoms with Crippen LogP contribution in [-0.2, 0) is 6.42 Å². The van der Waals surface area contributed by atoms with Crippen molar-refractivity contribution in [1.29, 1.82) is 0 Å². The van der Waals surface area contributed by atoms with Crippen molar-refractivity contribution in [3.63, 3.8) is 0 Å². The van der Waals surface area contributed by atoms with Gasteiger partial charge in [0.25, 0.3) is 5.24 Å². The van der Waals surface area contributed by atoms with E-state index in [0.717, 1.165) is 17.1 Å². The fraction of sp³-hybridized carbons (Fsp3) is 0.417. The van der Waals surface area contributed by atoms with Gasteiger partial charge in [0.2, 0.25) is 0 Å². The highest BCUT2D eigenvalue weighted by Crippen LogP contribution is 2.24. The number of carbonyl (C=O) groups excluding carboxylic acids is 1. The number of amides is 1. The van der Waals surface area contributed by atoms with Crippen LogP contribution in [0, 0.1) is 0 Å². The molecule has 0 atom stereocenters. The minimum atomic E-state index is -0.244. The van der Waals surface area contributed by atoms with E-state index in [1.165, 1.54) is 0 Å². The van der Waals surface area contributed by atoms with E-state index in [2.05, 4.69) is 12.6 Å². The number of thiol groups is 1. The van der Waals surface area contributed by atoms with Crippen LogP contribution in [0.15, 0.2) is 18.2 Å². The molecule has 4 nitrogen and oxygen atoms in total. The number of rotatable bonds is 5. The van der Waals surface area contributed by atoms with E-state index >= 15 is 0 Å². The number of hydrogen-bond acceptors (Lipinski definition) is 3. The monoisotopic (exact) mass is 255 g/mol. The molecule has 0 fully saturated rings. The van der Waals surface area contributed by atoms with Gasteiger partial charge < -0.3 is 14.4 Å². The summed E-state index contributed by atoms with van der Waals surface area (Å²) in [6, 6.07) is 5.61. The Morgan fingerprint density at radius 1 is 1.35 bits per heavy atom. The van der Waals surface area contributed by atoms with Crippen molar-refractivity contribution in [3.8, 4) is 11.5 Å². The van der Waals surface area contributed by atoms with Crippen LogP contribution >= 0.6 is 12.6 Å². The van der Waals surface area contributed by atoms with Gasteiger partial charge >= 0.3 is 0 Å². The number of nitrogens with zero attached hydrogens (tertiary/aromatic N) is 1. The number of carbonyl (C=O) groups is 1. The third-order valence-corrected chi connectivity index (χ3v) is 2.87. The Morgan fingerprint density at radius 2 is 2.06 bits per heavy atom. The maximum Gasteiger partial charge on any atom is 0.278 e. The third kappa shape index (κ3) is 3.85. The van der Waals surface area contributed by atoms with Crippen LogP contribution < -0.4 is 9.47 Å². The van der Waals surface area contributed by atoms with Gasteiger partial charge in [0.05, 0.1) is 14.2 Å². The van der Waals surface area contributed by atoms with E-state index in [9.17, 15) is 4.79 Å². The second kappa shape index (κ2) is 6.39. The highest BCUT2D eigenvalue weighted by molar-refractivity contribution is 7.96. The molecule has 0 aliphatic rings. The second-order valence-corrected chi connectivity index (χ2v) is 4.01. The normalized spacial score (nSPS) is 9.88. The van der Waals surface area contributed by atoms with E-state index in [4.69, 9.17) is 9.47 Å². The van der Waals surface area contributed by atoms with Crippen molar-refractivity contribution in [2.24, 2.45) is 0 Å². The average Bonchev–Trinajstić information content (AvgIpc) is 2.35. The summed E-state index contributed by atoms with van der Waals surface area (Å²) < 4.78 is 10.4. The molecule has 0 radical (unpaired) electrons. The fourth-order valence-electron chi connectivity index (χ4n) is 1.46. The lowest BCUT2D eigenvalue weighted by molar-refractivity contribution is 0.234. The molecule has 1 amide bonds. The molecular formula is C12H17NO3S. The average molecular weight is 255 g/mol. The van der Waals surface area contributed by atoms with Crippen LogP contribution in [0.4, 0.5) is 4.79 Å². The number of hydrogen-bond donors (Lipinski definition) is 1. The van der Waals surface area contributed by atoms with Crippen molar-refractivity contribution < 1.29 is 14.3 Å². The summed E-state index contributed by atoms with van der Waals surface area (Å²) in [5.74, 6) is 1.58. The first-order valence-corrected chi connectivity index (χ1v) is 5.68. The predicted octanol–water partition coefficient (Wildman–Crippen LogP) is 2.23. The molecule has 1 aromatic carbocycles. The minimum absolute atomic E-state index is 0.244. The van der Waals surface area contributed by atoms with Crippen LogP contribution in [0.2, 0.25) is 0 Å². The lowest BCUT2D eigenvalue weighted by Crippen LogP contribution is -2.23. The standard InChI is InChI=1S/C12H17NO3S/c1-13(12(14)17)7-6-9-8-10(15-2)4-5-11(9)16-3/h4-5,8H,6-7H2,1-3H3,(H,14,17). The Bertz CT molecular complexity index is 395. The van der Waals surface area contributed by atoms with Crippen LogP contribution in [0.25, 0.3) is 0 Å². The fourth-order valence-corrected chi connectivity index (χ4v) is 1.56. The zero-order valence-corrected chi connectivity index (χ0v) is 11.2. The smallest absolute Gasteiger partial charge is 0.278 e. The maximum atomic E-state index is 11.0. The number of methoxy groups -OCH3 is 2. The molecule has 0 bridgehead atoms. The summed E-state index contributed by atoms with van der Waals surface area (Å²) >= 11 is 3.76. The Morgan fingerprint density at radius 3 is 2.59 bits per heavy atom. The Hall–Kier alpha value is -1.36. The van der Waals surface area contributed by atoms with Gasteiger partial charge in [-0.15, -0.1) is 0 Å². The molecule has 0 aliphatic carbocycles. The molecule has 0 aliphatic heterocycles. The molecule has 17 heavy (non-hydrogen) atoms. The first-order valence-electron chi connectivity index (χ1n) is 5.23. The molecule has 94 valence electrons. The van der Waals surface area contributed by atoms with Gasteiger partial charge in [0, 0.05) is 13.6 Å². The lowest BCUT2D eigenvalue weighted by Gasteiger charge is -2.15. The highest BCUT2D eigenvalue weighted by Gasteiger charge is 2.08. The van der Waals surface area contributed by atoms with E-state index < -0.39 is 0 Å². The quantitative estimate of drug-likeness (QED) is 0.820. The summed E-state index contributed by atoms with van der Waals surface area (Å²) in [7, 11) is 4.95. The lowest BCUT2D eigenvalue weighted by atomic mass is 10.1.